The molecule has 1 aromatic carbocycles. The van der Waals surface area contributed by atoms with Gasteiger partial charge < -0.3 is 5.73 Å². The number of rotatable bonds is 2. The fraction of sp³-hybridized carbons (Fsp3) is 0.400. The first-order valence-electron chi connectivity index (χ1n) is 6.62. The van der Waals surface area contributed by atoms with E-state index in [4.69, 9.17) is 5.73 Å². The monoisotopic (exact) mass is 241 g/mol. The standard InChI is InChI=1S/C15H19N3/c1-3-18-9-14(10(2)17-18)11-5-4-6-13-12(11)7-8-15(13)16/h4-6,9,15H,3,7-8,16H2,1-2H3. The minimum atomic E-state index is 0.210. The minimum Gasteiger partial charge on any atom is -0.324 e. The van der Waals surface area contributed by atoms with Crippen molar-refractivity contribution in [1.29, 1.82) is 0 Å². The van der Waals surface area contributed by atoms with Crippen molar-refractivity contribution < 1.29 is 0 Å². The van der Waals surface area contributed by atoms with Crippen molar-refractivity contribution in [2.45, 2.75) is 39.3 Å². The molecule has 94 valence electrons. The highest BCUT2D eigenvalue weighted by Crippen LogP contribution is 2.37. The van der Waals surface area contributed by atoms with Gasteiger partial charge in [-0.1, -0.05) is 18.2 Å². The predicted octanol–water partition coefficient (Wildman–Crippen LogP) is 2.82. The van der Waals surface area contributed by atoms with Gasteiger partial charge in [0.05, 0.1) is 5.69 Å². The van der Waals surface area contributed by atoms with Gasteiger partial charge in [0.15, 0.2) is 0 Å². The lowest BCUT2D eigenvalue weighted by Crippen LogP contribution is -2.04. The van der Waals surface area contributed by atoms with E-state index in [1.165, 1.54) is 22.3 Å². The molecular formula is C15H19N3. The highest BCUT2D eigenvalue weighted by molar-refractivity contribution is 5.71. The molecule has 0 saturated carbocycles. The number of benzene rings is 1. The molecule has 18 heavy (non-hydrogen) atoms. The van der Waals surface area contributed by atoms with Gasteiger partial charge in [0.1, 0.15) is 0 Å². The molecule has 3 nitrogen and oxygen atoms in total. The number of aromatic nitrogens is 2. The van der Waals surface area contributed by atoms with E-state index in [0.717, 1.165) is 25.1 Å². The third-order valence-corrected chi connectivity index (χ3v) is 3.88. The summed E-state index contributed by atoms with van der Waals surface area (Å²) in [6, 6.07) is 6.68. The van der Waals surface area contributed by atoms with Crippen molar-refractivity contribution in [3.63, 3.8) is 0 Å². The zero-order chi connectivity index (χ0) is 12.7. The van der Waals surface area contributed by atoms with E-state index in [1.54, 1.807) is 0 Å². The Balaban J connectivity index is 2.15. The van der Waals surface area contributed by atoms with E-state index in [0.29, 0.717) is 0 Å². The van der Waals surface area contributed by atoms with Gasteiger partial charge in [-0.15, -0.1) is 0 Å². The van der Waals surface area contributed by atoms with E-state index >= 15 is 0 Å². The SMILES string of the molecule is CCn1cc(-c2cccc3c2CCC3N)c(C)n1. The number of hydrogen-bond acceptors (Lipinski definition) is 2. The summed E-state index contributed by atoms with van der Waals surface area (Å²) in [6.45, 7) is 5.10. The first-order chi connectivity index (χ1) is 8.70. The van der Waals surface area contributed by atoms with Gasteiger partial charge in [0, 0.05) is 24.3 Å². The molecule has 0 fully saturated rings. The van der Waals surface area contributed by atoms with Gasteiger partial charge in [-0.25, -0.2) is 0 Å². The fourth-order valence-electron chi connectivity index (χ4n) is 2.88. The number of hydrogen-bond donors (Lipinski definition) is 1. The molecule has 1 atom stereocenters. The quantitative estimate of drug-likeness (QED) is 0.878. The molecule has 0 radical (unpaired) electrons. The molecule has 1 unspecified atom stereocenters. The zero-order valence-electron chi connectivity index (χ0n) is 11.0. The predicted molar refractivity (Wildman–Crippen MR) is 73.3 cm³/mol. The average molecular weight is 241 g/mol. The average Bonchev–Trinajstić information content (AvgIpc) is 2.93. The minimum absolute atomic E-state index is 0.210. The summed E-state index contributed by atoms with van der Waals surface area (Å²) in [5.41, 5.74) is 12.6. The van der Waals surface area contributed by atoms with Crippen LogP contribution in [-0.2, 0) is 13.0 Å². The lowest BCUT2D eigenvalue weighted by molar-refractivity contribution is 0.653. The van der Waals surface area contributed by atoms with Gasteiger partial charge in [-0.05, 0) is 43.4 Å². The van der Waals surface area contributed by atoms with Crippen molar-refractivity contribution >= 4 is 0 Å². The van der Waals surface area contributed by atoms with E-state index in [9.17, 15) is 0 Å². The van der Waals surface area contributed by atoms with Crippen molar-refractivity contribution in [2.75, 3.05) is 0 Å². The third kappa shape index (κ3) is 1.66. The second-order valence-corrected chi connectivity index (χ2v) is 5.00. The summed E-state index contributed by atoms with van der Waals surface area (Å²) in [5, 5.41) is 4.54. The van der Waals surface area contributed by atoms with Crippen LogP contribution in [0.3, 0.4) is 0 Å². The Bertz CT molecular complexity index is 583. The van der Waals surface area contributed by atoms with Gasteiger partial charge in [-0.2, -0.15) is 5.10 Å². The van der Waals surface area contributed by atoms with Gasteiger partial charge in [-0.3, -0.25) is 4.68 Å². The maximum Gasteiger partial charge on any atom is 0.0672 e. The number of aryl methyl sites for hydroxylation is 2. The molecule has 1 heterocycles. The first kappa shape index (κ1) is 11.5. The van der Waals surface area contributed by atoms with Crippen molar-refractivity contribution in [2.24, 2.45) is 5.73 Å². The van der Waals surface area contributed by atoms with Gasteiger partial charge >= 0.3 is 0 Å². The Labute approximate surface area is 108 Å². The molecule has 1 aromatic heterocycles. The van der Waals surface area contributed by atoms with Gasteiger partial charge in [0.2, 0.25) is 0 Å². The van der Waals surface area contributed by atoms with Crippen molar-refractivity contribution in [3.8, 4) is 11.1 Å². The highest BCUT2D eigenvalue weighted by Gasteiger charge is 2.23. The van der Waals surface area contributed by atoms with Crippen LogP contribution >= 0.6 is 0 Å². The van der Waals surface area contributed by atoms with Crippen LogP contribution in [-0.4, -0.2) is 9.78 Å². The van der Waals surface area contributed by atoms with Crippen molar-refractivity contribution in [3.05, 3.63) is 41.2 Å². The lowest BCUT2D eigenvalue weighted by Gasteiger charge is -2.09. The molecule has 3 rings (SSSR count). The molecule has 3 heteroatoms. The second-order valence-electron chi connectivity index (χ2n) is 5.00. The van der Waals surface area contributed by atoms with Crippen LogP contribution in [0.25, 0.3) is 11.1 Å². The van der Waals surface area contributed by atoms with Crippen LogP contribution in [0.5, 0.6) is 0 Å². The fourth-order valence-corrected chi connectivity index (χ4v) is 2.88. The van der Waals surface area contributed by atoms with E-state index in [-0.39, 0.29) is 6.04 Å². The maximum absolute atomic E-state index is 6.14. The van der Waals surface area contributed by atoms with Crippen LogP contribution in [0.2, 0.25) is 0 Å². The molecule has 2 N–H and O–H groups in total. The Morgan fingerprint density at radius 1 is 1.39 bits per heavy atom. The highest BCUT2D eigenvalue weighted by atomic mass is 15.3. The Hall–Kier alpha value is -1.61. The van der Waals surface area contributed by atoms with E-state index in [1.807, 2.05) is 4.68 Å². The van der Waals surface area contributed by atoms with Crippen LogP contribution in [0.15, 0.2) is 24.4 Å². The Morgan fingerprint density at radius 3 is 2.94 bits per heavy atom. The summed E-state index contributed by atoms with van der Waals surface area (Å²) in [5.74, 6) is 0. The number of nitrogens with two attached hydrogens (primary N) is 1. The molecule has 0 spiro atoms. The summed E-state index contributed by atoms with van der Waals surface area (Å²) < 4.78 is 2.00. The smallest absolute Gasteiger partial charge is 0.0672 e. The van der Waals surface area contributed by atoms with Crippen LogP contribution in [0.1, 0.15) is 36.2 Å². The third-order valence-electron chi connectivity index (χ3n) is 3.88. The molecule has 1 aliphatic carbocycles. The lowest BCUT2D eigenvalue weighted by atomic mass is 9.97. The van der Waals surface area contributed by atoms with E-state index in [2.05, 4.69) is 43.3 Å². The number of nitrogens with zero attached hydrogens (tertiary/aromatic N) is 2. The molecule has 0 amide bonds. The van der Waals surface area contributed by atoms with E-state index < -0.39 is 0 Å². The van der Waals surface area contributed by atoms with Crippen LogP contribution in [0, 0.1) is 6.92 Å². The number of fused-ring (bicyclic) bond motifs is 1. The van der Waals surface area contributed by atoms with Gasteiger partial charge in [0.25, 0.3) is 0 Å². The molecule has 0 bridgehead atoms. The summed E-state index contributed by atoms with van der Waals surface area (Å²) >= 11 is 0. The summed E-state index contributed by atoms with van der Waals surface area (Å²) in [6.07, 6.45) is 4.30. The second kappa shape index (κ2) is 4.25. The molecular weight excluding hydrogens is 222 g/mol. The molecule has 1 aliphatic rings. The zero-order valence-corrected chi connectivity index (χ0v) is 11.0. The van der Waals surface area contributed by atoms with Crippen LogP contribution in [0.4, 0.5) is 0 Å². The first-order valence-corrected chi connectivity index (χ1v) is 6.62. The Morgan fingerprint density at radius 2 is 2.22 bits per heavy atom. The molecule has 0 saturated heterocycles. The summed E-state index contributed by atoms with van der Waals surface area (Å²) in [7, 11) is 0. The topological polar surface area (TPSA) is 43.8 Å². The molecule has 0 aliphatic heterocycles. The van der Waals surface area contributed by atoms with Crippen molar-refractivity contribution in [1.82, 2.24) is 9.78 Å². The molecule has 2 aromatic rings. The largest absolute Gasteiger partial charge is 0.324 e. The summed E-state index contributed by atoms with van der Waals surface area (Å²) in [4.78, 5) is 0. The maximum atomic E-state index is 6.14. The normalized spacial score (nSPS) is 18.1. The Kier molecular flexibility index (Phi) is 2.71. The van der Waals surface area contributed by atoms with Crippen LogP contribution < -0.4 is 5.73 Å².